The molecule has 0 spiro atoms. The average Bonchev–Trinajstić information content (AvgIpc) is 3.07. The topological polar surface area (TPSA) is 135 Å². The molecule has 1 aliphatic heterocycles. The first kappa shape index (κ1) is 43.2. The van der Waals surface area contributed by atoms with Gasteiger partial charge in [-0.3, -0.25) is 4.79 Å². The van der Waals surface area contributed by atoms with Crippen molar-refractivity contribution in [3.05, 3.63) is 48.6 Å². The van der Waals surface area contributed by atoms with Gasteiger partial charge in [0.15, 0.2) is 6.29 Å². The molecule has 1 aliphatic rings. The Morgan fingerprint density at radius 3 is 1.96 bits per heavy atom. The molecule has 0 aromatic carbocycles. The normalized spacial score (nSPS) is 22.7. The van der Waals surface area contributed by atoms with Gasteiger partial charge in [0.2, 0.25) is 0 Å². The molecule has 4 N–H and O–H groups in total. The Morgan fingerprint density at radius 2 is 1.30 bits per heavy atom. The van der Waals surface area contributed by atoms with Gasteiger partial charge in [-0.1, -0.05) is 114 Å². The quantitative estimate of drug-likeness (QED) is 0.0394. The number of aliphatic hydroxyl groups excluding tert-OH is 4. The highest BCUT2D eigenvalue weighted by Gasteiger charge is 2.44. The molecule has 0 bridgehead atoms. The lowest BCUT2D eigenvalue weighted by atomic mass is 9.99. The van der Waals surface area contributed by atoms with Gasteiger partial charge in [-0.05, 0) is 51.4 Å². The summed E-state index contributed by atoms with van der Waals surface area (Å²) in [6.07, 6.45) is 27.2. The predicted octanol–water partition coefficient (Wildman–Crippen LogP) is 6.63. The van der Waals surface area contributed by atoms with E-state index in [0.29, 0.717) is 6.61 Å². The van der Waals surface area contributed by atoms with Crippen molar-refractivity contribution in [1.29, 1.82) is 0 Å². The lowest BCUT2D eigenvalue weighted by molar-refractivity contribution is -0.305. The Kier molecular flexibility index (Phi) is 27.8. The minimum absolute atomic E-state index is 0.125. The van der Waals surface area contributed by atoms with E-state index in [2.05, 4.69) is 62.5 Å². The van der Waals surface area contributed by atoms with E-state index in [9.17, 15) is 25.2 Å². The zero-order chi connectivity index (χ0) is 34.4. The van der Waals surface area contributed by atoms with E-state index in [-0.39, 0.29) is 25.6 Å². The summed E-state index contributed by atoms with van der Waals surface area (Å²) in [5.74, 6) is -0.342. The first-order valence-corrected chi connectivity index (χ1v) is 18.2. The van der Waals surface area contributed by atoms with E-state index in [1.807, 2.05) is 0 Å². The standard InChI is InChI=1S/C38H66O9/c1-3-5-7-9-11-12-13-14-15-16-17-18-19-20-21-23-25-27-34(40)46-32(30-44-28-26-24-22-10-8-6-4-2)31-45-38-37(43)36(42)35(41)33(29-39)47-38/h5,7,11-12,14-15,17-18,32-33,35-39,41-43H,3-4,6,8-10,13,16,19-31H2,1-2H3/b7-5-,12-11-,15-14-,18-17-. The summed E-state index contributed by atoms with van der Waals surface area (Å²) in [6.45, 7) is 4.35. The van der Waals surface area contributed by atoms with Crippen LogP contribution in [0.1, 0.15) is 123 Å². The zero-order valence-electron chi connectivity index (χ0n) is 29.3. The van der Waals surface area contributed by atoms with Crippen LogP contribution in [0.3, 0.4) is 0 Å². The van der Waals surface area contributed by atoms with Crippen LogP contribution < -0.4 is 0 Å². The maximum absolute atomic E-state index is 12.6. The third kappa shape index (κ3) is 22.4. The van der Waals surface area contributed by atoms with Crippen LogP contribution in [-0.2, 0) is 23.7 Å². The zero-order valence-corrected chi connectivity index (χ0v) is 29.3. The molecule has 0 aromatic heterocycles. The highest BCUT2D eigenvalue weighted by molar-refractivity contribution is 5.69. The van der Waals surface area contributed by atoms with E-state index in [0.717, 1.165) is 70.6 Å². The van der Waals surface area contributed by atoms with E-state index in [1.54, 1.807) is 0 Å². The first-order chi connectivity index (χ1) is 22.9. The van der Waals surface area contributed by atoms with Crippen molar-refractivity contribution in [2.24, 2.45) is 0 Å². The van der Waals surface area contributed by atoms with E-state index in [1.165, 1.54) is 32.1 Å². The molecule has 272 valence electrons. The number of unbranched alkanes of at least 4 members (excludes halogenated alkanes) is 10. The van der Waals surface area contributed by atoms with Crippen LogP contribution >= 0.6 is 0 Å². The van der Waals surface area contributed by atoms with Crippen molar-refractivity contribution in [3.8, 4) is 0 Å². The number of aliphatic hydroxyl groups is 4. The monoisotopic (exact) mass is 666 g/mol. The van der Waals surface area contributed by atoms with Gasteiger partial charge < -0.3 is 39.4 Å². The minimum Gasteiger partial charge on any atom is -0.457 e. The number of ether oxygens (including phenoxy) is 4. The van der Waals surface area contributed by atoms with Gasteiger partial charge in [0.05, 0.1) is 19.8 Å². The second-order valence-corrected chi connectivity index (χ2v) is 12.3. The summed E-state index contributed by atoms with van der Waals surface area (Å²) in [4.78, 5) is 12.6. The number of esters is 1. The van der Waals surface area contributed by atoms with Crippen LogP contribution in [-0.4, -0.2) is 89.6 Å². The Morgan fingerprint density at radius 1 is 0.702 bits per heavy atom. The number of hydrogen-bond donors (Lipinski definition) is 4. The maximum Gasteiger partial charge on any atom is 0.306 e. The summed E-state index contributed by atoms with van der Waals surface area (Å²) >= 11 is 0. The number of hydrogen-bond acceptors (Lipinski definition) is 9. The van der Waals surface area contributed by atoms with Gasteiger partial charge in [-0.25, -0.2) is 0 Å². The second-order valence-electron chi connectivity index (χ2n) is 12.3. The molecule has 0 aromatic rings. The molecule has 9 heteroatoms. The lowest BCUT2D eigenvalue weighted by Crippen LogP contribution is -2.59. The Labute approximate surface area is 284 Å². The van der Waals surface area contributed by atoms with Crippen molar-refractivity contribution in [3.63, 3.8) is 0 Å². The predicted molar refractivity (Wildman–Crippen MR) is 187 cm³/mol. The Bertz CT molecular complexity index is 854. The van der Waals surface area contributed by atoms with Crippen molar-refractivity contribution in [2.45, 2.75) is 160 Å². The van der Waals surface area contributed by atoms with Gasteiger partial charge in [0.25, 0.3) is 0 Å². The Hall–Kier alpha value is -1.85. The van der Waals surface area contributed by atoms with Crippen molar-refractivity contribution in [2.75, 3.05) is 26.4 Å². The number of carbonyl (C=O) groups excluding carboxylic acids is 1. The number of rotatable bonds is 29. The molecule has 6 atom stereocenters. The lowest BCUT2D eigenvalue weighted by Gasteiger charge is -2.39. The molecule has 1 fully saturated rings. The molecule has 0 amide bonds. The van der Waals surface area contributed by atoms with Crippen molar-refractivity contribution in [1.82, 2.24) is 0 Å². The maximum atomic E-state index is 12.6. The van der Waals surface area contributed by atoms with Gasteiger partial charge in [0, 0.05) is 13.0 Å². The molecule has 9 nitrogen and oxygen atoms in total. The van der Waals surface area contributed by atoms with Crippen LogP contribution in [0.4, 0.5) is 0 Å². The fourth-order valence-corrected chi connectivity index (χ4v) is 5.13. The molecule has 1 saturated heterocycles. The van der Waals surface area contributed by atoms with Crippen LogP contribution in [0.25, 0.3) is 0 Å². The second kappa shape index (κ2) is 30.2. The fraction of sp³-hybridized carbons (Fsp3) is 0.763. The summed E-state index contributed by atoms with van der Waals surface area (Å²) in [7, 11) is 0. The highest BCUT2D eigenvalue weighted by atomic mass is 16.7. The van der Waals surface area contributed by atoms with E-state index in [4.69, 9.17) is 18.9 Å². The molecular formula is C38H66O9. The van der Waals surface area contributed by atoms with Crippen LogP contribution in [0, 0.1) is 0 Å². The number of allylic oxidation sites excluding steroid dienone is 8. The molecule has 0 radical (unpaired) electrons. The molecular weight excluding hydrogens is 600 g/mol. The minimum atomic E-state index is -1.54. The fourth-order valence-electron chi connectivity index (χ4n) is 5.13. The van der Waals surface area contributed by atoms with Crippen LogP contribution in [0.2, 0.25) is 0 Å². The molecule has 1 rings (SSSR count). The van der Waals surface area contributed by atoms with Crippen LogP contribution in [0.15, 0.2) is 48.6 Å². The van der Waals surface area contributed by atoms with Crippen LogP contribution in [0.5, 0.6) is 0 Å². The average molecular weight is 667 g/mol. The van der Waals surface area contributed by atoms with Gasteiger partial charge in [0.1, 0.15) is 30.5 Å². The van der Waals surface area contributed by atoms with Gasteiger partial charge >= 0.3 is 5.97 Å². The summed E-state index contributed by atoms with van der Waals surface area (Å²) in [6, 6.07) is 0. The molecule has 6 unspecified atom stereocenters. The largest absolute Gasteiger partial charge is 0.457 e. The van der Waals surface area contributed by atoms with Gasteiger partial charge in [-0.15, -0.1) is 0 Å². The van der Waals surface area contributed by atoms with E-state index >= 15 is 0 Å². The Balaban J connectivity index is 2.34. The summed E-state index contributed by atoms with van der Waals surface area (Å²) in [5.41, 5.74) is 0. The third-order valence-corrected chi connectivity index (χ3v) is 8.01. The molecule has 47 heavy (non-hydrogen) atoms. The molecule has 0 saturated carbocycles. The number of carbonyl (C=O) groups is 1. The van der Waals surface area contributed by atoms with Gasteiger partial charge in [-0.2, -0.15) is 0 Å². The smallest absolute Gasteiger partial charge is 0.306 e. The third-order valence-electron chi connectivity index (χ3n) is 8.01. The van der Waals surface area contributed by atoms with Crippen molar-refractivity contribution < 1.29 is 44.2 Å². The van der Waals surface area contributed by atoms with Crippen molar-refractivity contribution >= 4 is 5.97 Å². The highest BCUT2D eigenvalue weighted by Crippen LogP contribution is 2.22. The first-order valence-electron chi connectivity index (χ1n) is 18.2. The summed E-state index contributed by atoms with van der Waals surface area (Å²) in [5, 5.41) is 39.8. The SMILES string of the molecule is CC/C=C\C/C=C\C/C=C\C/C=C\CCCCCCC(=O)OC(COCCCCCCCCC)COC1OC(CO)C(O)C(O)C1O. The molecule has 0 aliphatic carbocycles. The summed E-state index contributed by atoms with van der Waals surface area (Å²) < 4.78 is 22.5. The molecule has 1 heterocycles. The van der Waals surface area contributed by atoms with E-state index < -0.39 is 43.4 Å².